The van der Waals surface area contributed by atoms with E-state index in [1.807, 2.05) is 25.7 Å². The summed E-state index contributed by atoms with van der Waals surface area (Å²) in [6.45, 7) is 13.3. The number of piperidine rings is 1. The van der Waals surface area contributed by atoms with Gasteiger partial charge in [-0.15, -0.1) is 0 Å². The molecule has 9 nitrogen and oxygen atoms in total. The van der Waals surface area contributed by atoms with E-state index in [1.165, 1.54) is 0 Å². The Morgan fingerprint density at radius 2 is 2.06 bits per heavy atom. The quantitative estimate of drug-likeness (QED) is 0.466. The number of methoxy groups -OCH3 is 1. The number of primary amides is 1. The number of carbonyl (C=O) groups excluding carboxylic acids is 2. The van der Waals surface area contributed by atoms with Gasteiger partial charge in [-0.3, -0.25) is 9.59 Å². The van der Waals surface area contributed by atoms with Crippen LogP contribution in [0, 0.1) is 11.8 Å². The molecule has 2 rings (SSSR count). The van der Waals surface area contributed by atoms with Crippen molar-refractivity contribution in [1.29, 1.82) is 0 Å². The van der Waals surface area contributed by atoms with Gasteiger partial charge in [0.25, 0.3) is 5.91 Å². The van der Waals surface area contributed by atoms with Crippen LogP contribution in [0.4, 0.5) is 5.82 Å². The van der Waals surface area contributed by atoms with E-state index in [-0.39, 0.29) is 35.1 Å². The maximum absolute atomic E-state index is 13.8. The molecule has 2 heterocycles. The summed E-state index contributed by atoms with van der Waals surface area (Å²) in [5, 5.41) is 6.57. The molecule has 1 aromatic rings. The number of hydrogen-bond acceptors (Lipinski definition) is 7. The van der Waals surface area contributed by atoms with Crippen LogP contribution in [0.2, 0.25) is 0 Å². The first-order valence-electron chi connectivity index (χ1n) is 11.5. The lowest BCUT2D eigenvalue weighted by Gasteiger charge is -2.38. The monoisotopic (exact) mass is 448 g/mol. The number of hydrogen-bond donors (Lipinski definition) is 3. The fourth-order valence-electron chi connectivity index (χ4n) is 3.78. The van der Waals surface area contributed by atoms with E-state index in [9.17, 15) is 9.59 Å². The molecular weight excluding hydrogens is 408 g/mol. The van der Waals surface area contributed by atoms with Crippen molar-refractivity contribution in [1.82, 2.24) is 20.2 Å². The Labute approximate surface area is 191 Å². The summed E-state index contributed by atoms with van der Waals surface area (Å²) in [4.78, 5) is 36.6. The number of nitrogens with zero attached hydrogens (tertiary/aromatic N) is 3. The predicted molar refractivity (Wildman–Crippen MR) is 126 cm³/mol. The second-order valence-corrected chi connectivity index (χ2v) is 9.98. The molecule has 1 saturated heterocycles. The molecule has 2 atom stereocenters. The van der Waals surface area contributed by atoms with Gasteiger partial charge in [0.2, 0.25) is 5.91 Å². The maximum Gasteiger partial charge on any atom is 0.259 e. The van der Waals surface area contributed by atoms with Crippen molar-refractivity contribution in [3.63, 3.8) is 0 Å². The molecule has 1 fully saturated rings. The van der Waals surface area contributed by atoms with Gasteiger partial charge in [0.05, 0.1) is 5.92 Å². The molecule has 180 valence electrons. The lowest BCUT2D eigenvalue weighted by atomic mass is 9.93. The molecule has 0 unspecified atom stereocenters. The molecule has 0 spiro atoms. The van der Waals surface area contributed by atoms with Crippen molar-refractivity contribution in [2.45, 2.75) is 58.9 Å². The summed E-state index contributed by atoms with van der Waals surface area (Å²) in [6.07, 6.45) is 2.98. The van der Waals surface area contributed by atoms with E-state index in [4.69, 9.17) is 15.5 Å². The summed E-state index contributed by atoms with van der Waals surface area (Å²) in [7, 11) is 1.67. The third-order valence-electron chi connectivity index (χ3n) is 5.50. The van der Waals surface area contributed by atoms with Crippen LogP contribution >= 0.6 is 0 Å². The first kappa shape index (κ1) is 26.0. The molecule has 0 aromatic carbocycles. The summed E-state index contributed by atoms with van der Waals surface area (Å²) in [6, 6.07) is -0.125. The molecule has 2 amide bonds. The summed E-state index contributed by atoms with van der Waals surface area (Å²) < 4.78 is 5.13. The zero-order valence-electron chi connectivity index (χ0n) is 20.4. The number of rotatable bonds is 10. The summed E-state index contributed by atoms with van der Waals surface area (Å²) in [5.41, 5.74) is 5.75. The molecular formula is C23H40N6O3. The zero-order chi connectivity index (χ0) is 23.9. The van der Waals surface area contributed by atoms with Gasteiger partial charge in [-0.25, -0.2) is 9.97 Å². The highest BCUT2D eigenvalue weighted by Crippen LogP contribution is 2.25. The third-order valence-corrected chi connectivity index (χ3v) is 5.50. The SMILES string of the molecule is COCCCNc1nc(C(C)(C)C)ncc1C(=O)N(CC(C)C)[C@@H]1CNC[C@@H](C(N)=O)C1. The van der Waals surface area contributed by atoms with Crippen LogP contribution in [0.15, 0.2) is 6.20 Å². The Hall–Kier alpha value is -2.26. The van der Waals surface area contributed by atoms with Crippen molar-refractivity contribution in [2.24, 2.45) is 17.6 Å². The van der Waals surface area contributed by atoms with Gasteiger partial charge in [-0.2, -0.15) is 0 Å². The minimum absolute atomic E-state index is 0.125. The topological polar surface area (TPSA) is 122 Å². The highest BCUT2D eigenvalue weighted by Gasteiger charge is 2.34. The lowest BCUT2D eigenvalue weighted by Crippen LogP contribution is -2.54. The Kier molecular flexibility index (Phi) is 9.39. The van der Waals surface area contributed by atoms with Crippen molar-refractivity contribution in [3.8, 4) is 0 Å². The molecule has 0 radical (unpaired) electrons. The second kappa shape index (κ2) is 11.6. The van der Waals surface area contributed by atoms with Crippen molar-refractivity contribution in [2.75, 3.05) is 45.2 Å². The van der Waals surface area contributed by atoms with Gasteiger partial charge in [0.15, 0.2) is 0 Å². The number of ether oxygens (including phenoxy) is 1. The van der Waals surface area contributed by atoms with Crippen LogP contribution < -0.4 is 16.4 Å². The molecule has 4 N–H and O–H groups in total. The lowest BCUT2D eigenvalue weighted by molar-refractivity contribution is -0.122. The number of aromatic nitrogens is 2. The molecule has 32 heavy (non-hydrogen) atoms. The third kappa shape index (κ3) is 7.13. The molecule has 0 bridgehead atoms. The first-order chi connectivity index (χ1) is 15.0. The Morgan fingerprint density at radius 1 is 1.34 bits per heavy atom. The van der Waals surface area contributed by atoms with Gasteiger partial charge in [0, 0.05) is 57.5 Å². The molecule has 1 aliphatic heterocycles. The van der Waals surface area contributed by atoms with Crippen LogP contribution in [-0.2, 0) is 14.9 Å². The number of nitrogens with one attached hydrogen (secondary N) is 2. The average Bonchev–Trinajstić information content (AvgIpc) is 2.73. The largest absolute Gasteiger partial charge is 0.385 e. The van der Waals surface area contributed by atoms with Gasteiger partial charge in [-0.05, 0) is 18.8 Å². The first-order valence-corrected chi connectivity index (χ1v) is 11.5. The summed E-state index contributed by atoms with van der Waals surface area (Å²) >= 11 is 0. The van der Waals surface area contributed by atoms with E-state index in [2.05, 4.69) is 29.5 Å². The van der Waals surface area contributed by atoms with Crippen LogP contribution in [0.25, 0.3) is 0 Å². The summed E-state index contributed by atoms with van der Waals surface area (Å²) in [5.74, 6) is 0.716. The Morgan fingerprint density at radius 3 is 2.66 bits per heavy atom. The molecule has 1 aromatic heterocycles. The highest BCUT2D eigenvalue weighted by atomic mass is 16.5. The second-order valence-electron chi connectivity index (χ2n) is 9.98. The number of nitrogens with two attached hydrogens (primary N) is 1. The fourth-order valence-corrected chi connectivity index (χ4v) is 3.78. The van der Waals surface area contributed by atoms with Crippen LogP contribution in [0.5, 0.6) is 0 Å². The minimum Gasteiger partial charge on any atom is -0.385 e. The van der Waals surface area contributed by atoms with E-state index in [1.54, 1.807) is 13.3 Å². The molecule has 1 aliphatic rings. The van der Waals surface area contributed by atoms with Crippen molar-refractivity contribution < 1.29 is 14.3 Å². The number of amides is 2. The van der Waals surface area contributed by atoms with E-state index in [0.717, 1.165) is 6.42 Å². The van der Waals surface area contributed by atoms with Crippen LogP contribution in [0.3, 0.4) is 0 Å². The normalized spacial score (nSPS) is 19.1. The van der Waals surface area contributed by atoms with Gasteiger partial charge in [-0.1, -0.05) is 34.6 Å². The minimum atomic E-state index is -0.336. The molecule has 9 heteroatoms. The number of carbonyl (C=O) groups is 2. The standard InChI is InChI=1S/C23H40N6O3/c1-15(2)14-29(17-10-16(19(24)30)11-25-12-17)21(31)18-13-27-22(23(3,4)5)28-20(18)26-8-7-9-32-6/h13,15-17,25H,7-12,14H2,1-6H3,(H2,24,30)(H,26,27,28)/t16-,17-/m0/s1. The van der Waals surface area contributed by atoms with Gasteiger partial charge in [0.1, 0.15) is 17.2 Å². The maximum atomic E-state index is 13.8. The fraction of sp³-hybridized carbons (Fsp3) is 0.739. The van der Waals surface area contributed by atoms with E-state index < -0.39 is 0 Å². The van der Waals surface area contributed by atoms with Gasteiger partial charge < -0.3 is 26.0 Å². The zero-order valence-corrected chi connectivity index (χ0v) is 20.4. The van der Waals surface area contributed by atoms with Crippen LogP contribution in [0.1, 0.15) is 63.6 Å². The number of anilines is 1. The van der Waals surface area contributed by atoms with E-state index >= 15 is 0 Å². The Bertz CT molecular complexity index is 777. The average molecular weight is 449 g/mol. The molecule has 0 aliphatic carbocycles. The smallest absolute Gasteiger partial charge is 0.259 e. The molecule has 0 saturated carbocycles. The van der Waals surface area contributed by atoms with E-state index in [0.29, 0.717) is 56.4 Å². The van der Waals surface area contributed by atoms with Gasteiger partial charge >= 0.3 is 0 Å². The van der Waals surface area contributed by atoms with Crippen LogP contribution in [-0.4, -0.2) is 72.6 Å². The van der Waals surface area contributed by atoms with Crippen molar-refractivity contribution in [3.05, 3.63) is 17.6 Å². The van der Waals surface area contributed by atoms with Crippen molar-refractivity contribution >= 4 is 17.6 Å². The Balaban J connectivity index is 2.36. The highest BCUT2D eigenvalue weighted by molar-refractivity contribution is 5.98. The predicted octanol–water partition coefficient (Wildman–Crippen LogP) is 1.78.